The highest BCUT2D eigenvalue weighted by atomic mass is 16.1. The van der Waals surface area contributed by atoms with Crippen LogP contribution in [0.15, 0.2) is 30.3 Å². The predicted octanol–water partition coefficient (Wildman–Crippen LogP) is 2.00. The van der Waals surface area contributed by atoms with Crippen LogP contribution in [-0.4, -0.2) is 12.5 Å². The van der Waals surface area contributed by atoms with Gasteiger partial charge in [-0.05, 0) is 11.5 Å². The lowest BCUT2D eigenvalue weighted by Gasteiger charge is -2.07. The molecular formula is C12H17NO. The minimum atomic E-state index is 0.102. The number of nitrogens with one attached hydrogen (secondary N) is 1. The molecule has 2 heteroatoms. The van der Waals surface area contributed by atoms with Crippen LogP contribution in [0.3, 0.4) is 0 Å². The van der Waals surface area contributed by atoms with Crippen LogP contribution in [0.25, 0.3) is 0 Å². The summed E-state index contributed by atoms with van der Waals surface area (Å²) in [4.78, 5) is 11.4. The minimum Gasteiger partial charge on any atom is -0.356 e. The Labute approximate surface area is 85.3 Å². The molecule has 14 heavy (non-hydrogen) atoms. The summed E-state index contributed by atoms with van der Waals surface area (Å²) in [5.74, 6) is 0.611. The van der Waals surface area contributed by atoms with Gasteiger partial charge in [-0.2, -0.15) is 0 Å². The van der Waals surface area contributed by atoms with Crippen LogP contribution in [0.5, 0.6) is 0 Å². The van der Waals surface area contributed by atoms with Gasteiger partial charge in [0.05, 0.1) is 6.42 Å². The molecule has 0 fully saturated rings. The topological polar surface area (TPSA) is 29.1 Å². The zero-order chi connectivity index (χ0) is 10.4. The number of carbonyl (C=O) groups is 1. The first-order valence-corrected chi connectivity index (χ1v) is 4.99. The predicted molar refractivity (Wildman–Crippen MR) is 58.0 cm³/mol. The molecule has 0 aliphatic rings. The van der Waals surface area contributed by atoms with E-state index in [1.807, 2.05) is 30.3 Å². The van der Waals surface area contributed by atoms with Gasteiger partial charge in [-0.25, -0.2) is 0 Å². The fraction of sp³-hybridized carbons (Fsp3) is 0.417. The van der Waals surface area contributed by atoms with Crippen LogP contribution >= 0.6 is 0 Å². The van der Waals surface area contributed by atoms with E-state index in [1.165, 1.54) is 0 Å². The van der Waals surface area contributed by atoms with Crippen molar-refractivity contribution < 1.29 is 4.79 Å². The molecule has 0 heterocycles. The van der Waals surface area contributed by atoms with Crippen molar-refractivity contribution in [1.29, 1.82) is 0 Å². The van der Waals surface area contributed by atoms with Crippen LogP contribution < -0.4 is 5.32 Å². The molecule has 1 rings (SSSR count). The van der Waals surface area contributed by atoms with E-state index in [0.29, 0.717) is 12.3 Å². The molecule has 0 spiro atoms. The maximum Gasteiger partial charge on any atom is 0.224 e. The number of hydrogen-bond donors (Lipinski definition) is 1. The second-order valence-electron chi connectivity index (χ2n) is 3.86. The van der Waals surface area contributed by atoms with Gasteiger partial charge in [0, 0.05) is 6.54 Å². The first-order valence-electron chi connectivity index (χ1n) is 4.99. The minimum absolute atomic E-state index is 0.102. The lowest BCUT2D eigenvalue weighted by atomic mass is 10.1. The van der Waals surface area contributed by atoms with Gasteiger partial charge in [-0.15, -0.1) is 0 Å². The van der Waals surface area contributed by atoms with Gasteiger partial charge in [0.25, 0.3) is 0 Å². The molecule has 0 unspecified atom stereocenters. The Kier molecular flexibility index (Phi) is 4.17. The third-order valence-electron chi connectivity index (χ3n) is 1.91. The number of amides is 1. The summed E-state index contributed by atoms with van der Waals surface area (Å²) in [5.41, 5.74) is 1.06. The van der Waals surface area contributed by atoms with Crippen molar-refractivity contribution >= 4 is 5.91 Å². The Hall–Kier alpha value is -1.31. The molecule has 0 radical (unpaired) electrons. The average molecular weight is 191 g/mol. The summed E-state index contributed by atoms with van der Waals surface area (Å²) in [5, 5.41) is 2.89. The van der Waals surface area contributed by atoms with Gasteiger partial charge >= 0.3 is 0 Å². The molecule has 0 aliphatic heterocycles. The third kappa shape index (κ3) is 4.08. The summed E-state index contributed by atoms with van der Waals surface area (Å²) in [6, 6.07) is 9.79. The SMILES string of the molecule is CC(C)CNC(=O)Cc1ccccc1. The van der Waals surface area contributed by atoms with E-state index >= 15 is 0 Å². The van der Waals surface area contributed by atoms with E-state index in [2.05, 4.69) is 19.2 Å². The molecule has 1 amide bonds. The van der Waals surface area contributed by atoms with Crippen LogP contribution in [0.4, 0.5) is 0 Å². The number of hydrogen-bond acceptors (Lipinski definition) is 1. The molecule has 1 aromatic rings. The molecule has 0 saturated carbocycles. The monoisotopic (exact) mass is 191 g/mol. The van der Waals surface area contributed by atoms with Crippen molar-refractivity contribution in [2.45, 2.75) is 20.3 Å². The highest BCUT2D eigenvalue weighted by Gasteiger charge is 2.02. The van der Waals surface area contributed by atoms with Crippen LogP contribution in [0.1, 0.15) is 19.4 Å². The smallest absolute Gasteiger partial charge is 0.224 e. The van der Waals surface area contributed by atoms with Crippen molar-refractivity contribution in [2.75, 3.05) is 6.54 Å². The zero-order valence-corrected chi connectivity index (χ0v) is 8.79. The van der Waals surface area contributed by atoms with E-state index in [0.717, 1.165) is 12.1 Å². The fourth-order valence-electron chi connectivity index (χ4n) is 1.16. The zero-order valence-electron chi connectivity index (χ0n) is 8.79. The van der Waals surface area contributed by atoms with Crippen molar-refractivity contribution in [3.05, 3.63) is 35.9 Å². The van der Waals surface area contributed by atoms with Crippen molar-refractivity contribution in [3.63, 3.8) is 0 Å². The lowest BCUT2D eigenvalue weighted by molar-refractivity contribution is -0.120. The third-order valence-corrected chi connectivity index (χ3v) is 1.91. The molecule has 1 N–H and O–H groups in total. The van der Waals surface area contributed by atoms with Gasteiger partial charge in [0.2, 0.25) is 5.91 Å². The maximum absolute atomic E-state index is 11.4. The van der Waals surface area contributed by atoms with E-state index in [9.17, 15) is 4.79 Å². The summed E-state index contributed by atoms with van der Waals surface area (Å²) in [6.45, 7) is 4.93. The van der Waals surface area contributed by atoms with Crippen LogP contribution in [-0.2, 0) is 11.2 Å². The average Bonchev–Trinajstić information content (AvgIpc) is 2.16. The maximum atomic E-state index is 11.4. The number of carbonyl (C=O) groups excluding carboxylic acids is 1. The second-order valence-corrected chi connectivity index (χ2v) is 3.86. The van der Waals surface area contributed by atoms with Gasteiger partial charge in [-0.1, -0.05) is 44.2 Å². The standard InChI is InChI=1S/C12H17NO/c1-10(2)9-13-12(14)8-11-6-4-3-5-7-11/h3-7,10H,8-9H2,1-2H3,(H,13,14). The second kappa shape index (κ2) is 5.43. The van der Waals surface area contributed by atoms with Gasteiger partial charge in [0.1, 0.15) is 0 Å². The fourth-order valence-corrected chi connectivity index (χ4v) is 1.16. The lowest BCUT2D eigenvalue weighted by Crippen LogP contribution is -2.28. The summed E-state index contributed by atoms with van der Waals surface area (Å²) < 4.78 is 0. The summed E-state index contributed by atoms with van der Waals surface area (Å²) >= 11 is 0. The molecule has 2 nitrogen and oxygen atoms in total. The molecule has 0 bridgehead atoms. The van der Waals surface area contributed by atoms with Crippen molar-refractivity contribution in [2.24, 2.45) is 5.92 Å². The van der Waals surface area contributed by atoms with E-state index < -0.39 is 0 Å². The van der Waals surface area contributed by atoms with Gasteiger partial charge in [-0.3, -0.25) is 4.79 Å². The summed E-state index contributed by atoms with van der Waals surface area (Å²) in [7, 11) is 0. The Bertz CT molecular complexity index is 280. The summed E-state index contributed by atoms with van der Waals surface area (Å²) in [6.07, 6.45) is 0.480. The van der Waals surface area contributed by atoms with Crippen molar-refractivity contribution in [3.8, 4) is 0 Å². The quantitative estimate of drug-likeness (QED) is 0.775. The van der Waals surface area contributed by atoms with Gasteiger partial charge in [0.15, 0.2) is 0 Å². The van der Waals surface area contributed by atoms with E-state index in [-0.39, 0.29) is 5.91 Å². The molecule has 1 aromatic carbocycles. The first kappa shape index (κ1) is 10.8. The Morgan fingerprint density at radius 1 is 1.29 bits per heavy atom. The number of benzene rings is 1. The highest BCUT2D eigenvalue weighted by Crippen LogP contribution is 1.99. The van der Waals surface area contributed by atoms with Gasteiger partial charge < -0.3 is 5.32 Å². The normalized spacial score (nSPS) is 10.2. The highest BCUT2D eigenvalue weighted by molar-refractivity contribution is 5.78. The first-order chi connectivity index (χ1) is 6.68. The van der Waals surface area contributed by atoms with E-state index in [1.54, 1.807) is 0 Å². The molecule has 0 aliphatic carbocycles. The molecule has 76 valence electrons. The Morgan fingerprint density at radius 2 is 1.93 bits per heavy atom. The molecule has 0 saturated heterocycles. The molecular weight excluding hydrogens is 174 g/mol. The van der Waals surface area contributed by atoms with Crippen molar-refractivity contribution in [1.82, 2.24) is 5.32 Å². The molecule has 0 aromatic heterocycles. The molecule has 0 atom stereocenters. The number of rotatable bonds is 4. The largest absolute Gasteiger partial charge is 0.356 e. The Morgan fingerprint density at radius 3 is 2.50 bits per heavy atom. The van der Waals surface area contributed by atoms with Crippen LogP contribution in [0, 0.1) is 5.92 Å². The van der Waals surface area contributed by atoms with Crippen LogP contribution in [0.2, 0.25) is 0 Å². The van der Waals surface area contributed by atoms with E-state index in [4.69, 9.17) is 0 Å². The Balaban J connectivity index is 2.35.